The summed E-state index contributed by atoms with van der Waals surface area (Å²) in [6.45, 7) is 1.50. The highest BCUT2D eigenvalue weighted by Crippen LogP contribution is 2.32. The Morgan fingerprint density at radius 2 is 1.93 bits per heavy atom. The molecule has 0 spiro atoms. The lowest BCUT2D eigenvalue weighted by Gasteiger charge is -2.10. The van der Waals surface area contributed by atoms with Crippen LogP contribution in [0.1, 0.15) is 28.2 Å². The molecule has 0 aliphatic heterocycles. The van der Waals surface area contributed by atoms with Crippen molar-refractivity contribution in [2.75, 3.05) is 5.32 Å². The summed E-state index contributed by atoms with van der Waals surface area (Å²) in [6, 6.07) is 11.8. The van der Waals surface area contributed by atoms with Gasteiger partial charge in [0.15, 0.2) is 5.13 Å². The van der Waals surface area contributed by atoms with Crippen LogP contribution in [0.15, 0.2) is 54.0 Å². The first kappa shape index (κ1) is 20.1. The Kier molecular flexibility index (Phi) is 5.56. The number of hydrogen-bond acceptors (Lipinski definition) is 5. The first-order chi connectivity index (χ1) is 14.5. The Bertz CT molecular complexity index is 1210. The molecule has 1 amide bonds. The molecule has 0 radical (unpaired) electrons. The van der Waals surface area contributed by atoms with Crippen molar-refractivity contribution < 1.29 is 13.6 Å². The van der Waals surface area contributed by atoms with E-state index >= 15 is 0 Å². The zero-order chi connectivity index (χ0) is 21.3. The standard InChI is InChI=1S/C20H14ClF2N5OS/c1-11-16(17(18(22)23)28(27-11)15-8-3-2-6-12(15)21)19(29)26-20-25-14(10-30-20)13-7-4-5-9-24-13/h2-10,18H,1H3,(H,25,26,29). The van der Waals surface area contributed by atoms with Gasteiger partial charge in [0.05, 0.1) is 27.7 Å². The molecule has 0 saturated heterocycles. The van der Waals surface area contributed by atoms with Gasteiger partial charge in [-0.25, -0.2) is 18.4 Å². The van der Waals surface area contributed by atoms with E-state index in [2.05, 4.69) is 20.4 Å². The van der Waals surface area contributed by atoms with Crippen LogP contribution in [-0.4, -0.2) is 25.7 Å². The summed E-state index contributed by atoms with van der Waals surface area (Å²) < 4.78 is 28.9. The highest BCUT2D eigenvalue weighted by atomic mass is 35.5. The number of aromatic nitrogens is 4. The van der Waals surface area contributed by atoms with Crippen LogP contribution in [-0.2, 0) is 0 Å². The molecule has 1 N–H and O–H groups in total. The Balaban J connectivity index is 1.68. The molecule has 0 unspecified atom stereocenters. The number of halogens is 3. The van der Waals surface area contributed by atoms with Crippen molar-refractivity contribution in [3.8, 4) is 17.1 Å². The fourth-order valence-electron chi connectivity index (χ4n) is 2.96. The third kappa shape index (κ3) is 3.81. The minimum atomic E-state index is -2.94. The number of para-hydroxylation sites is 1. The predicted molar refractivity (Wildman–Crippen MR) is 112 cm³/mol. The number of amides is 1. The van der Waals surface area contributed by atoms with Crippen LogP contribution in [0.25, 0.3) is 17.1 Å². The third-order valence-corrected chi connectivity index (χ3v) is 5.34. The minimum absolute atomic E-state index is 0.157. The zero-order valence-corrected chi connectivity index (χ0v) is 17.1. The van der Waals surface area contributed by atoms with E-state index in [1.165, 1.54) is 18.3 Å². The van der Waals surface area contributed by atoms with E-state index in [-0.39, 0.29) is 27.1 Å². The van der Waals surface area contributed by atoms with Crippen molar-refractivity contribution in [1.82, 2.24) is 19.7 Å². The number of carbonyl (C=O) groups excluding carboxylic acids is 1. The van der Waals surface area contributed by atoms with Crippen LogP contribution in [0.3, 0.4) is 0 Å². The number of nitrogens with one attached hydrogen (secondary N) is 1. The van der Waals surface area contributed by atoms with Gasteiger partial charge in [0.1, 0.15) is 11.4 Å². The number of alkyl halides is 2. The van der Waals surface area contributed by atoms with Gasteiger partial charge in [-0.15, -0.1) is 11.3 Å². The van der Waals surface area contributed by atoms with E-state index in [9.17, 15) is 13.6 Å². The van der Waals surface area contributed by atoms with Gasteiger partial charge in [-0.2, -0.15) is 5.10 Å². The van der Waals surface area contributed by atoms with Gasteiger partial charge < -0.3 is 0 Å². The summed E-state index contributed by atoms with van der Waals surface area (Å²) >= 11 is 7.32. The molecular weight excluding hydrogens is 432 g/mol. The minimum Gasteiger partial charge on any atom is -0.298 e. The van der Waals surface area contributed by atoms with Gasteiger partial charge in [0.2, 0.25) is 0 Å². The molecule has 6 nitrogen and oxygen atoms in total. The number of aryl methyl sites for hydroxylation is 1. The van der Waals surface area contributed by atoms with Crippen molar-refractivity contribution in [2.45, 2.75) is 13.3 Å². The maximum absolute atomic E-state index is 13.9. The average Bonchev–Trinajstić information content (AvgIpc) is 3.33. The molecule has 1 aromatic carbocycles. The van der Waals surface area contributed by atoms with Gasteiger partial charge >= 0.3 is 0 Å². The van der Waals surface area contributed by atoms with E-state index in [4.69, 9.17) is 11.6 Å². The summed E-state index contributed by atoms with van der Waals surface area (Å²) in [5, 5.41) is 8.97. The number of benzene rings is 1. The molecule has 0 aliphatic rings. The van der Waals surface area contributed by atoms with Crippen LogP contribution in [0.5, 0.6) is 0 Å². The number of rotatable bonds is 5. The Hall–Kier alpha value is -3.17. The molecule has 30 heavy (non-hydrogen) atoms. The van der Waals surface area contributed by atoms with Crippen molar-refractivity contribution in [1.29, 1.82) is 0 Å². The molecule has 4 aromatic rings. The Morgan fingerprint density at radius 3 is 2.63 bits per heavy atom. The molecule has 152 valence electrons. The van der Waals surface area contributed by atoms with Crippen molar-refractivity contribution in [3.63, 3.8) is 0 Å². The second-order valence-corrected chi connectivity index (χ2v) is 7.48. The second-order valence-electron chi connectivity index (χ2n) is 6.22. The lowest BCUT2D eigenvalue weighted by Crippen LogP contribution is -2.15. The summed E-state index contributed by atoms with van der Waals surface area (Å²) in [4.78, 5) is 21.4. The molecular formula is C20H14ClF2N5OS. The predicted octanol–water partition coefficient (Wildman–Crippen LogP) is 5.54. The van der Waals surface area contributed by atoms with E-state index in [0.29, 0.717) is 11.4 Å². The molecule has 0 aliphatic carbocycles. The highest BCUT2D eigenvalue weighted by molar-refractivity contribution is 7.14. The van der Waals surface area contributed by atoms with E-state index in [1.54, 1.807) is 48.0 Å². The normalized spacial score (nSPS) is 11.1. The first-order valence-corrected chi connectivity index (χ1v) is 10.0. The lowest BCUT2D eigenvalue weighted by atomic mass is 10.1. The maximum atomic E-state index is 13.9. The topological polar surface area (TPSA) is 72.7 Å². The quantitative estimate of drug-likeness (QED) is 0.437. The van der Waals surface area contributed by atoms with Crippen LogP contribution < -0.4 is 5.32 Å². The van der Waals surface area contributed by atoms with Crippen molar-refractivity contribution in [3.05, 3.63) is 76.0 Å². The largest absolute Gasteiger partial charge is 0.298 e. The number of anilines is 1. The number of pyridine rings is 1. The molecule has 3 aromatic heterocycles. The van der Waals surface area contributed by atoms with Crippen LogP contribution in [0, 0.1) is 6.92 Å². The maximum Gasteiger partial charge on any atom is 0.281 e. The van der Waals surface area contributed by atoms with Crippen LogP contribution in [0.2, 0.25) is 5.02 Å². The molecule has 0 saturated carbocycles. The summed E-state index contributed by atoms with van der Waals surface area (Å²) in [5.74, 6) is -0.719. The molecule has 0 fully saturated rings. The number of carbonyl (C=O) groups is 1. The fourth-order valence-corrected chi connectivity index (χ4v) is 3.87. The van der Waals surface area contributed by atoms with Gasteiger partial charge in [0.25, 0.3) is 12.3 Å². The average molecular weight is 446 g/mol. The molecule has 0 atom stereocenters. The van der Waals surface area contributed by atoms with Gasteiger partial charge in [-0.3, -0.25) is 15.1 Å². The van der Waals surface area contributed by atoms with E-state index in [0.717, 1.165) is 4.68 Å². The smallest absolute Gasteiger partial charge is 0.281 e. The SMILES string of the molecule is Cc1nn(-c2ccccc2Cl)c(C(F)F)c1C(=O)Nc1nc(-c2ccccn2)cs1. The monoisotopic (exact) mass is 445 g/mol. The summed E-state index contributed by atoms with van der Waals surface area (Å²) in [6.07, 6.45) is -1.31. The Labute approximate surface area is 179 Å². The first-order valence-electron chi connectivity index (χ1n) is 8.76. The number of hydrogen-bond donors (Lipinski definition) is 1. The Morgan fingerprint density at radius 1 is 1.17 bits per heavy atom. The third-order valence-electron chi connectivity index (χ3n) is 4.26. The molecule has 10 heteroatoms. The van der Waals surface area contributed by atoms with Gasteiger partial charge in [-0.05, 0) is 31.2 Å². The number of thiazole rings is 1. The summed E-state index contributed by atoms with van der Waals surface area (Å²) in [7, 11) is 0. The van der Waals surface area contributed by atoms with Crippen LogP contribution in [0.4, 0.5) is 13.9 Å². The molecule has 4 rings (SSSR count). The zero-order valence-electron chi connectivity index (χ0n) is 15.5. The molecule has 3 heterocycles. The van der Waals surface area contributed by atoms with E-state index in [1.807, 2.05) is 6.07 Å². The van der Waals surface area contributed by atoms with Crippen LogP contribution >= 0.6 is 22.9 Å². The van der Waals surface area contributed by atoms with E-state index < -0.39 is 18.0 Å². The van der Waals surface area contributed by atoms with Gasteiger partial charge in [-0.1, -0.05) is 29.8 Å². The van der Waals surface area contributed by atoms with Crippen molar-refractivity contribution in [2.24, 2.45) is 0 Å². The summed E-state index contributed by atoms with van der Waals surface area (Å²) in [5.41, 5.74) is 0.908. The second kappa shape index (κ2) is 8.29. The lowest BCUT2D eigenvalue weighted by molar-refractivity contribution is 0.100. The van der Waals surface area contributed by atoms with Gasteiger partial charge in [0, 0.05) is 11.6 Å². The van der Waals surface area contributed by atoms with Crippen molar-refractivity contribution >= 4 is 34.0 Å². The molecule has 0 bridgehead atoms. The highest BCUT2D eigenvalue weighted by Gasteiger charge is 2.29. The fraction of sp³-hybridized carbons (Fsp3) is 0.100. The number of nitrogens with zero attached hydrogens (tertiary/aromatic N) is 4.